The molecule has 3 amide bonds. The van der Waals surface area contributed by atoms with E-state index in [2.05, 4.69) is 27.1 Å². The number of aromatic nitrogens is 2. The third kappa shape index (κ3) is 26.3. The standard InChI is InChI=1S/C20H18F3N3O2.C20H16F3N3O.C15H13F3N2O.C5H7NO2.3CH4/c21-20(22,23)16-10-8-14(9-11-16)13-15-5-1-2-6-17(15)19(28)26-25-18(27)7-3-4-12-24;21-20(22,23)16-10-8-14(9-11-16)13-15-5-1-2-6-17(15)19-26-25-18(27-19)7-3-4-12-24;16-15(17,18)12-7-5-10(6-8-12)9-11-3-1-2-4-13(11)14(21)20-19;6-4-2-1-3-5(7)8;;;/h1-2,5-6,8-11H,3-4,7,13H2,(H,25,27)(H,26,28);1-2,5-6,8-11H,3-4,7,13H2;1-8H,9,19H2,(H,20,21);1-3H2,(H,7,8);3*1H4. The highest BCUT2D eigenvalue weighted by Gasteiger charge is 2.32. The molecule has 0 atom stereocenters. The van der Waals surface area contributed by atoms with Crippen LogP contribution < -0.4 is 22.1 Å². The number of amides is 3. The predicted octanol–water partition coefficient (Wildman–Crippen LogP) is 14.5. The summed E-state index contributed by atoms with van der Waals surface area (Å²) >= 11 is 0. The molecule has 0 unspecified atom stereocenters. The highest BCUT2D eigenvalue weighted by Crippen LogP contribution is 2.33. The Morgan fingerprint density at radius 3 is 1.29 bits per heavy atom. The van der Waals surface area contributed by atoms with Gasteiger partial charge in [-0.3, -0.25) is 35.5 Å². The molecule has 15 nitrogen and oxygen atoms in total. The van der Waals surface area contributed by atoms with Crippen molar-refractivity contribution in [2.24, 2.45) is 5.84 Å². The van der Waals surface area contributed by atoms with Gasteiger partial charge in [0.2, 0.25) is 17.7 Å². The molecule has 1 aromatic heterocycles. The quantitative estimate of drug-likeness (QED) is 0.0177. The van der Waals surface area contributed by atoms with Crippen LogP contribution in [0.25, 0.3) is 11.5 Å². The Bertz CT molecular complexity index is 3390. The molecule has 87 heavy (non-hydrogen) atoms. The molecule has 0 bridgehead atoms. The van der Waals surface area contributed by atoms with Crippen molar-refractivity contribution in [1.29, 1.82) is 15.8 Å². The molecule has 0 spiro atoms. The number of nitrogen functional groups attached to an aromatic ring is 1. The van der Waals surface area contributed by atoms with E-state index in [9.17, 15) is 58.7 Å². The molecule has 0 aliphatic carbocycles. The fourth-order valence-corrected chi connectivity index (χ4v) is 7.53. The number of benzene rings is 6. The van der Waals surface area contributed by atoms with E-state index in [0.29, 0.717) is 96.5 Å². The van der Waals surface area contributed by atoms with Crippen molar-refractivity contribution in [1.82, 2.24) is 26.5 Å². The summed E-state index contributed by atoms with van der Waals surface area (Å²) in [5.74, 6) is 3.73. The second-order valence-electron chi connectivity index (χ2n) is 18.0. The molecule has 0 saturated carbocycles. The van der Waals surface area contributed by atoms with Crippen LogP contribution >= 0.6 is 0 Å². The van der Waals surface area contributed by atoms with E-state index in [0.717, 1.165) is 53.1 Å². The number of unbranched alkanes of at least 4 members (excludes halogenated alkanes) is 3. The number of nitrogens with zero attached hydrogens (tertiary/aromatic N) is 5. The van der Waals surface area contributed by atoms with E-state index >= 15 is 0 Å². The van der Waals surface area contributed by atoms with Crippen LogP contribution in [0.4, 0.5) is 39.5 Å². The molecule has 7 aromatic rings. The zero-order chi connectivity index (χ0) is 61.7. The third-order valence-corrected chi connectivity index (χ3v) is 11.8. The van der Waals surface area contributed by atoms with Gasteiger partial charge < -0.3 is 9.52 Å². The zero-order valence-corrected chi connectivity index (χ0v) is 44.5. The van der Waals surface area contributed by atoms with Crippen LogP contribution in [0.3, 0.4) is 0 Å². The van der Waals surface area contributed by atoms with Gasteiger partial charge in [0.1, 0.15) is 0 Å². The molecule has 24 heteroatoms. The number of hydrogen-bond donors (Lipinski definition) is 5. The minimum Gasteiger partial charge on any atom is -0.481 e. The number of nitriles is 3. The number of hydrogen-bond acceptors (Lipinski definition) is 11. The normalized spacial score (nSPS) is 10.4. The van der Waals surface area contributed by atoms with E-state index in [1.54, 1.807) is 48.5 Å². The van der Waals surface area contributed by atoms with Gasteiger partial charge in [-0.15, -0.1) is 10.2 Å². The Morgan fingerprint density at radius 2 is 0.874 bits per heavy atom. The fourth-order valence-electron chi connectivity index (χ4n) is 7.53. The predicted molar refractivity (Wildman–Crippen MR) is 308 cm³/mol. The topological polar surface area (TPSA) is 261 Å². The van der Waals surface area contributed by atoms with E-state index in [-0.39, 0.29) is 48.0 Å². The summed E-state index contributed by atoms with van der Waals surface area (Å²) in [6, 6.07) is 41.4. The summed E-state index contributed by atoms with van der Waals surface area (Å²) in [7, 11) is 0. The first kappa shape index (κ1) is 75.2. The maximum Gasteiger partial charge on any atom is 0.416 e. The minimum atomic E-state index is -4.40. The molecular formula is C63H66F9N9O6. The molecule has 1 heterocycles. The lowest BCUT2D eigenvalue weighted by atomic mass is 9.98. The summed E-state index contributed by atoms with van der Waals surface area (Å²) in [5.41, 5.74) is 10.2. The summed E-state index contributed by atoms with van der Waals surface area (Å²) < 4.78 is 119. The van der Waals surface area contributed by atoms with Crippen molar-refractivity contribution in [2.45, 2.75) is 118 Å². The average molecular weight is 1220 g/mol. The second kappa shape index (κ2) is 37.5. The van der Waals surface area contributed by atoms with E-state index < -0.39 is 58.9 Å². The smallest absolute Gasteiger partial charge is 0.416 e. The third-order valence-electron chi connectivity index (χ3n) is 11.8. The van der Waals surface area contributed by atoms with Crippen molar-refractivity contribution in [3.63, 3.8) is 0 Å². The number of carboxylic acid groups (broad SMARTS) is 1. The highest BCUT2D eigenvalue weighted by molar-refractivity contribution is 5.97. The van der Waals surface area contributed by atoms with Gasteiger partial charge >= 0.3 is 24.5 Å². The van der Waals surface area contributed by atoms with Gasteiger partial charge in [-0.05, 0) is 127 Å². The summed E-state index contributed by atoms with van der Waals surface area (Å²) in [6.45, 7) is 0. The number of hydrazine groups is 2. The molecule has 6 N–H and O–H groups in total. The molecule has 0 aliphatic heterocycles. The average Bonchev–Trinajstić information content (AvgIpc) is 2.98. The first-order valence-electron chi connectivity index (χ1n) is 25.4. The van der Waals surface area contributed by atoms with Crippen molar-refractivity contribution in [3.8, 4) is 29.7 Å². The molecule has 7 rings (SSSR count). The number of halogens is 9. The van der Waals surface area contributed by atoms with Gasteiger partial charge in [0.15, 0.2) is 0 Å². The molecular weight excluding hydrogens is 1150 g/mol. The maximum absolute atomic E-state index is 12.7. The molecule has 6 aromatic carbocycles. The minimum absolute atomic E-state index is 0. The number of nitrogens with one attached hydrogen (secondary N) is 3. The van der Waals surface area contributed by atoms with Gasteiger partial charge in [-0.2, -0.15) is 55.3 Å². The van der Waals surface area contributed by atoms with Crippen LogP contribution in [0.2, 0.25) is 0 Å². The Kier molecular flexibility index (Phi) is 32.4. The van der Waals surface area contributed by atoms with Crippen molar-refractivity contribution < 1.29 is 68.2 Å². The SMILES string of the molecule is C.C.C.N#CCCCC(=O)NNC(=O)c1ccccc1Cc1ccc(C(F)(F)F)cc1.N#CCCCC(=O)O.N#CCCCc1nnc(-c2ccccc2Cc2ccc(C(F)(F)F)cc2)o1.NNC(=O)c1ccccc1Cc1ccc(C(F)(F)F)cc1. The largest absolute Gasteiger partial charge is 0.481 e. The van der Waals surface area contributed by atoms with Crippen LogP contribution in [0, 0.1) is 34.0 Å². The van der Waals surface area contributed by atoms with Gasteiger partial charge in [0, 0.05) is 55.2 Å². The number of rotatable bonds is 18. The Morgan fingerprint density at radius 1 is 0.494 bits per heavy atom. The van der Waals surface area contributed by atoms with Gasteiger partial charge in [-0.25, -0.2) is 5.84 Å². The van der Waals surface area contributed by atoms with Crippen molar-refractivity contribution in [2.75, 3.05) is 0 Å². The molecule has 0 saturated heterocycles. The van der Waals surface area contributed by atoms with Crippen molar-refractivity contribution in [3.05, 3.63) is 213 Å². The second-order valence-corrected chi connectivity index (χ2v) is 18.0. The molecule has 0 aliphatic rings. The number of carboxylic acids is 1. The van der Waals surface area contributed by atoms with Crippen LogP contribution in [0.1, 0.15) is 150 Å². The summed E-state index contributed by atoms with van der Waals surface area (Å²) in [5, 5.41) is 41.1. The maximum atomic E-state index is 12.7. The number of aliphatic carboxylic acids is 1. The summed E-state index contributed by atoms with van der Waals surface area (Å²) in [6.07, 6.45) is -8.79. The van der Waals surface area contributed by atoms with E-state index in [4.69, 9.17) is 31.2 Å². The Hall–Kier alpha value is -9.86. The highest BCUT2D eigenvalue weighted by atomic mass is 19.4. The number of carbonyl (C=O) groups excluding carboxylic acids is 3. The fraction of sp³-hybridized carbons (Fsp3) is 0.286. The molecule has 0 fully saturated rings. The number of aryl methyl sites for hydroxylation is 1. The van der Waals surface area contributed by atoms with Gasteiger partial charge in [-0.1, -0.05) is 113 Å². The van der Waals surface area contributed by atoms with Crippen molar-refractivity contribution >= 4 is 23.7 Å². The molecule has 0 radical (unpaired) electrons. The van der Waals surface area contributed by atoms with E-state index in [1.165, 1.54) is 36.4 Å². The van der Waals surface area contributed by atoms with Crippen LogP contribution in [-0.2, 0) is 53.8 Å². The number of alkyl halides is 9. The monoisotopic (exact) mass is 1220 g/mol. The lowest BCUT2D eigenvalue weighted by molar-refractivity contribution is -0.138. The lowest BCUT2D eigenvalue weighted by Gasteiger charge is -2.12. The Balaban J connectivity index is 0.000000608. The van der Waals surface area contributed by atoms with E-state index in [1.807, 2.05) is 41.8 Å². The number of nitrogens with two attached hydrogens (primary N) is 1. The number of carbonyl (C=O) groups is 4. The first-order chi connectivity index (χ1) is 40.0. The zero-order valence-electron chi connectivity index (χ0n) is 44.5. The van der Waals surface area contributed by atoms with Crippen LogP contribution in [0.5, 0.6) is 0 Å². The van der Waals surface area contributed by atoms with Crippen LogP contribution in [-0.4, -0.2) is 39.0 Å². The lowest BCUT2D eigenvalue weighted by Crippen LogP contribution is -2.41. The van der Waals surface area contributed by atoms with Gasteiger partial charge in [0.25, 0.3) is 11.8 Å². The Labute approximate surface area is 498 Å². The van der Waals surface area contributed by atoms with Gasteiger partial charge in [0.05, 0.1) is 34.9 Å². The first-order valence-corrected chi connectivity index (χ1v) is 25.4. The summed E-state index contributed by atoms with van der Waals surface area (Å²) in [4.78, 5) is 45.4. The molecule has 462 valence electrons. The van der Waals surface area contributed by atoms with Crippen LogP contribution in [0.15, 0.2) is 150 Å².